The minimum absolute atomic E-state index is 0. The second-order valence-corrected chi connectivity index (χ2v) is 18.6. The molecule has 62 heavy (non-hydrogen) atoms. The number of hydrogen-bond acceptors (Lipinski definition) is 4. The smallest absolute Gasteiger partial charge is 0.135 e. The number of pyridine rings is 1. The summed E-state index contributed by atoms with van der Waals surface area (Å²) in [6.07, 6.45) is 4.17. The van der Waals surface area contributed by atoms with Gasteiger partial charge >= 0.3 is 0 Å². The maximum absolute atomic E-state index is 6.64. The Balaban J connectivity index is 0.00000529. The molecule has 2 aromatic heterocycles. The van der Waals surface area contributed by atoms with Gasteiger partial charge in [-0.15, -0.1) is 48.1 Å². The molecule has 9 rings (SSSR count). The predicted molar refractivity (Wildman–Crippen MR) is 255 cm³/mol. The van der Waals surface area contributed by atoms with Crippen molar-refractivity contribution < 1.29 is 25.8 Å². The van der Waals surface area contributed by atoms with Gasteiger partial charge in [-0.2, -0.15) is 12.1 Å². The molecule has 0 spiro atoms. The molecule has 316 valence electrons. The number of benzene rings is 6. The molecule has 8 aromatic rings. The first-order chi connectivity index (χ1) is 29.1. The summed E-state index contributed by atoms with van der Waals surface area (Å²) < 4.78 is 8.84. The molecular formula is C56H53N4OPt-3. The number of aryl methyl sites for hydroxylation is 4. The Hall–Kier alpha value is -5.90. The predicted octanol–water partition coefficient (Wildman–Crippen LogP) is 14.8. The Labute approximate surface area is 382 Å². The fourth-order valence-electron chi connectivity index (χ4n) is 8.82. The van der Waals surface area contributed by atoms with Crippen LogP contribution < -0.4 is 14.5 Å². The third kappa shape index (κ3) is 8.00. The van der Waals surface area contributed by atoms with E-state index < -0.39 is 0 Å². The third-order valence-corrected chi connectivity index (χ3v) is 11.9. The maximum atomic E-state index is 6.64. The second kappa shape index (κ2) is 16.4. The number of para-hydroxylation sites is 1. The van der Waals surface area contributed by atoms with Crippen LogP contribution in [-0.2, 0) is 26.5 Å². The zero-order chi connectivity index (χ0) is 42.8. The standard InChI is InChI=1S/C56H53N4O.Pt/c1-36-16-13-17-37(2)53(36)40-28-41(54-38(3)18-14-19-39(54)4)30-44(29-40)58-34-51(56(8,9)10)59(35-58)43-20-15-21-45(32-43)61-46-24-25-48-47-22-11-12-23-49(47)60(50(48)33-46)52-31-42(26-27-57-52)55(5,6)7;/h11-31,34-35H,1-10H3;/q-3;. The Kier molecular flexibility index (Phi) is 11.3. The van der Waals surface area contributed by atoms with Crippen LogP contribution in [0.5, 0.6) is 11.5 Å². The summed E-state index contributed by atoms with van der Waals surface area (Å²) in [5.41, 5.74) is 16.2. The Bertz CT molecular complexity index is 2910. The maximum Gasteiger partial charge on any atom is 0.135 e. The van der Waals surface area contributed by atoms with Crippen LogP contribution in [0, 0.1) is 51.9 Å². The number of allylic oxidation sites excluding steroid dienone is 1. The van der Waals surface area contributed by atoms with Crippen LogP contribution in [0.1, 0.15) is 69.4 Å². The van der Waals surface area contributed by atoms with Gasteiger partial charge in [0.05, 0.1) is 0 Å². The van der Waals surface area contributed by atoms with E-state index in [1.807, 2.05) is 24.4 Å². The van der Waals surface area contributed by atoms with Gasteiger partial charge in [0.15, 0.2) is 0 Å². The van der Waals surface area contributed by atoms with Crippen LogP contribution in [0.15, 0.2) is 139 Å². The van der Waals surface area contributed by atoms with Crippen LogP contribution in [-0.4, -0.2) is 9.55 Å². The molecule has 1 aliphatic rings. The Morgan fingerprint density at radius 2 is 1.21 bits per heavy atom. The van der Waals surface area contributed by atoms with Gasteiger partial charge in [-0.1, -0.05) is 102 Å². The van der Waals surface area contributed by atoms with Gasteiger partial charge < -0.3 is 19.1 Å². The number of hydrogen-bond donors (Lipinski definition) is 0. The van der Waals surface area contributed by atoms with Crippen molar-refractivity contribution in [3.05, 3.63) is 186 Å². The van der Waals surface area contributed by atoms with Crippen molar-refractivity contribution in [3.8, 4) is 39.6 Å². The van der Waals surface area contributed by atoms with Crippen molar-refractivity contribution in [2.24, 2.45) is 5.41 Å². The molecule has 0 atom stereocenters. The van der Waals surface area contributed by atoms with Crippen molar-refractivity contribution in [1.82, 2.24) is 9.55 Å². The summed E-state index contributed by atoms with van der Waals surface area (Å²) in [7, 11) is 0. The Morgan fingerprint density at radius 3 is 1.84 bits per heavy atom. The van der Waals surface area contributed by atoms with E-state index in [-0.39, 0.29) is 31.9 Å². The summed E-state index contributed by atoms with van der Waals surface area (Å²) in [5, 5.41) is 2.24. The zero-order valence-corrected chi connectivity index (χ0v) is 39.6. The first-order valence-electron chi connectivity index (χ1n) is 21.2. The van der Waals surface area contributed by atoms with E-state index in [9.17, 15) is 0 Å². The fraction of sp³-hybridized carbons (Fsp3) is 0.214. The summed E-state index contributed by atoms with van der Waals surface area (Å²) in [6, 6.07) is 50.4. The first-order valence-corrected chi connectivity index (χ1v) is 21.2. The molecule has 0 N–H and O–H groups in total. The topological polar surface area (TPSA) is 33.5 Å². The molecule has 1 aliphatic heterocycles. The molecular weight excluding hydrogens is 940 g/mol. The van der Waals surface area contributed by atoms with Crippen LogP contribution in [0.25, 0.3) is 49.9 Å². The molecule has 0 saturated heterocycles. The van der Waals surface area contributed by atoms with Crippen LogP contribution >= 0.6 is 0 Å². The van der Waals surface area contributed by atoms with Gasteiger partial charge in [-0.25, -0.2) is 4.98 Å². The van der Waals surface area contributed by atoms with Crippen LogP contribution in [0.3, 0.4) is 0 Å². The van der Waals surface area contributed by atoms with Crippen LogP contribution in [0.4, 0.5) is 11.4 Å². The number of aromatic nitrogens is 2. The second-order valence-electron chi connectivity index (χ2n) is 18.6. The van der Waals surface area contributed by atoms with Crippen molar-refractivity contribution in [2.45, 2.75) is 74.7 Å². The van der Waals surface area contributed by atoms with E-state index in [1.165, 1.54) is 50.1 Å². The molecule has 6 heteroatoms. The van der Waals surface area contributed by atoms with E-state index in [0.29, 0.717) is 11.5 Å². The fourth-order valence-corrected chi connectivity index (χ4v) is 8.82. The largest absolute Gasteiger partial charge is 0.509 e. The van der Waals surface area contributed by atoms with Gasteiger partial charge in [-0.3, -0.25) is 0 Å². The summed E-state index contributed by atoms with van der Waals surface area (Å²) in [5.74, 6) is 2.08. The molecule has 0 amide bonds. The van der Waals surface area contributed by atoms with E-state index in [0.717, 1.165) is 44.7 Å². The number of fused-ring (bicyclic) bond motifs is 3. The average Bonchev–Trinajstić information content (AvgIpc) is 3.82. The molecule has 0 saturated carbocycles. The molecule has 3 heterocycles. The first kappa shape index (κ1) is 42.8. The summed E-state index contributed by atoms with van der Waals surface area (Å²) in [4.78, 5) is 9.36. The van der Waals surface area contributed by atoms with E-state index in [4.69, 9.17) is 9.72 Å². The van der Waals surface area contributed by atoms with Gasteiger partial charge in [0.25, 0.3) is 0 Å². The molecule has 0 radical (unpaired) electrons. The molecule has 0 unspecified atom stereocenters. The minimum atomic E-state index is -0.180. The van der Waals surface area contributed by atoms with Gasteiger partial charge in [-0.05, 0) is 131 Å². The average molecular weight is 993 g/mol. The summed E-state index contributed by atoms with van der Waals surface area (Å²) >= 11 is 0. The van der Waals surface area contributed by atoms with Crippen LogP contribution in [0.2, 0.25) is 0 Å². The van der Waals surface area contributed by atoms with Crippen molar-refractivity contribution >= 4 is 33.2 Å². The monoisotopic (exact) mass is 992 g/mol. The minimum Gasteiger partial charge on any atom is -0.509 e. The number of nitrogens with zero attached hydrogens (tertiary/aromatic N) is 4. The molecule has 0 aliphatic carbocycles. The van der Waals surface area contributed by atoms with E-state index in [1.54, 1.807) is 0 Å². The van der Waals surface area contributed by atoms with Crippen molar-refractivity contribution in [3.63, 3.8) is 0 Å². The number of ether oxygens (including phenoxy) is 1. The van der Waals surface area contributed by atoms with Crippen molar-refractivity contribution in [2.75, 3.05) is 9.80 Å². The van der Waals surface area contributed by atoms with Gasteiger partial charge in [0.2, 0.25) is 0 Å². The van der Waals surface area contributed by atoms with E-state index in [2.05, 4.69) is 212 Å². The SMILES string of the molecule is Cc1cccc(C)c1-c1cc(-c2c(C)cccc2C)cc(N2C=C(C(C)(C)C)N(c3[c-]c(Oc4[c-]c5c(cc4)c4ccccc4n5-c4cc(C(C)(C)C)ccn4)ccc3)[CH-]2)c1.[Pt]. The molecule has 6 aromatic carbocycles. The van der Waals surface area contributed by atoms with Crippen molar-refractivity contribution in [1.29, 1.82) is 0 Å². The zero-order valence-electron chi connectivity index (χ0n) is 37.3. The number of rotatable bonds is 7. The quantitative estimate of drug-likeness (QED) is 0.149. The van der Waals surface area contributed by atoms with Gasteiger partial charge in [0.1, 0.15) is 5.82 Å². The number of anilines is 2. The third-order valence-electron chi connectivity index (χ3n) is 11.9. The molecule has 0 fully saturated rings. The van der Waals surface area contributed by atoms with Gasteiger partial charge in [0, 0.05) is 61.1 Å². The van der Waals surface area contributed by atoms with E-state index >= 15 is 0 Å². The normalized spacial score (nSPS) is 13.2. The Morgan fingerprint density at radius 1 is 0.597 bits per heavy atom. The molecule has 0 bridgehead atoms. The molecule has 5 nitrogen and oxygen atoms in total. The summed E-state index contributed by atoms with van der Waals surface area (Å²) in [6.45, 7) is 24.5.